The molecule has 1 saturated heterocycles. The molecule has 128 valence electrons. The number of likely N-dealkylation sites (tertiary alicyclic amines) is 1. The molecule has 2 nitrogen and oxygen atoms in total. The number of piperidine rings is 1. The SMILES string of the molecule is C=CCN1CCCC(O)C1C(c1ccccc1)c1ccccc1.Cl. The highest BCUT2D eigenvalue weighted by molar-refractivity contribution is 5.85. The molecule has 2 atom stereocenters. The smallest absolute Gasteiger partial charge is 0.0705 e. The summed E-state index contributed by atoms with van der Waals surface area (Å²) in [6.45, 7) is 5.73. The first-order chi connectivity index (χ1) is 11.3. The van der Waals surface area contributed by atoms with Gasteiger partial charge in [-0.05, 0) is 30.5 Å². The second kappa shape index (κ2) is 9.03. The van der Waals surface area contributed by atoms with Gasteiger partial charge in [0.25, 0.3) is 0 Å². The maximum Gasteiger partial charge on any atom is 0.0705 e. The lowest BCUT2D eigenvalue weighted by Gasteiger charge is -2.43. The first-order valence-electron chi connectivity index (χ1n) is 8.44. The third-order valence-corrected chi connectivity index (χ3v) is 4.78. The summed E-state index contributed by atoms with van der Waals surface area (Å²) in [5.41, 5.74) is 2.53. The lowest BCUT2D eigenvalue weighted by atomic mass is 9.79. The third-order valence-electron chi connectivity index (χ3n) is 4.78. The van der Waals surface area contributed by atoms with Gasteiger partial charge in [0.05, 0.1) is 6.10 Å². The monoisotopic (exact) mass is 343 g/mol. The van der Waals surface area contributed by atoms with Crippen molar-refractivity contribution in [2.75, 3.05) is 13.1 Å². The van der Waals surface area contributed by atoms with Crippen LogP contribution in [0.4, 0.5) is 0 Å². The fourth-order valence-corrected chi connectivity index (χ4v) is 3.79. The van der Waals surface area contributed by atoms with Crippen LogP contribution in [0.5, 0.6) is 0 Å². The van der Waals surface area contributed by atoms with Crippen molar-refractivity contribution in [1.82, 2.24) is 4.90 Å². The fourth-order valence-electron chi connectivity index (χ4n) is 3.79. The van der Waals surface area contributed by atoms with Crippen LogP contribution in [0, 0.1) is 0 Å². The van der Waals surface area contributed by atoms with Gasteiger partial charge in [-0.2, -0.15) is 0 Å². The van der Waals surface area contributed by atoms with Crippen molar-refractivity contribution < 1.29 is 5.11 Å². The molecule has 1 heterocycles. The maximum absolute atomic E-state index is 10.8. The Morgan fingerprint density at radius 2 is 1.58 bits per heavy atom. The summed E-state index contributed by atoms with van der Waals surface area (Å²) < 4.78 is 0. The van der Waals surface area contributed by atoms with Crippen molar-refractivity contribution in [3.8, 4) is 0 Å². The minimum Gasteiger partial charge on any atom is -0.391 e. The van der Waals surface area contributed by atoms with E-state index in [0.29, 0.717) is 0 Å². The van der Waals surface area contributed by atoms with Gasteiger partial charge in [0, 0.05) is 18.5 Å². The van der Waals surface area contributed by atoms with Crippen LogP contribution < -0.4 is 0 Å². The molecule has 0 radical (unpaired) electrons. The molecule has 3 rings (SSSR count). The van der Waals surface area contributed by atoms with Gasteiger partial charge in [-0.15, -0.1) is 19.0 Å². The summed E-state index contributed by atoms with van der Waals surface area (Å²) in [5, 5.41) is 10.8. The highest BCUT2D eigenvalue weighted by Crippen LogP contribution is 2.35. The van der Waals surface area contributed by atoms with Gasteiger partial charge in [-0.25, -0.2) is 0 Å². The first-order valence-corrected chi connectivity index (χ1v) is 8.44. The summed E-state index contributed by atoms with van der Waals surface area (Å²) in [4.78, 5) is 2.38. The second-order valence-corrected chi connectivity index (χ2v) is 6.28. The minimum atomic E-state index is -0.311. The molecule has 0 saturated carbocycles. The van der Waals surface area contributed by atoms with E-state index >= 15 is 0 Å². The molecule has 0 spiro atoms. The highest BCUT2D eigenvalue weighted by atomic mass is 35.5. The number of hydrogen-bond donors (Lipinski definition) is 1. The van der Waals surface area contributed by atoms with Crippen LogP contribution in [0.25, 0.3) is 0 Å². The zero-order valence-corrected chi connectivity index (χ0v) is 14.7. The molecule has 1 aliphatic heterocycles. The Kier molecular flexibility index (Phi) is 7.04. The van der Waals surface area contributed by atoms with E-state index in [0.717, 1.165) is 25.9 Å². The van der Waals surface area contributed by atoms with Crippen LogP contribution in [-0.4, -0.2) is 35.2 Å². The van der Waals surface area contributed by atoms with Crippen molar-refractivity contribution in [3.05, 3.63) is 84.4 Å². The van der Waals surface area contributed by atoms with Crippen LogP contribution in [-0.2, 0) is 0 Å². The standard InChI is InChI=1S/C21H25NO.ClH/c1-2-15-22-16-9-14-19(23)21(22)20(17-10-5-3-6-11-17)18-12-7-4-8-13-18;/h2-8,10-13,19-21,23H,1,9,14-16H2;1H. The predicted molar refractivity (Wildman–Crippen MR) is 103 cm³/mol. The lowest BCUT2D eigenvalue weighted by Crippen LogP contribution is -2.51. The molecule has 2 aromatic rings. The number of aliphatic hydroxyl groups excluding tert-OH is 1. The van der Waals surface area contributed by atoms with Crippen LogP contribution in [0.15, 0.2) is 73.3 Å². The number of hydrogen-bond acceptors (Lipinski definition) is 2. The van der Waals surface area contributed by atoms with Crippen LogP contribution in [0.1, 0.15) is 29.9 Å². The van der Waals surface area contributed by atoms with Gasteiger partial charge in [0.2, 0.25) is 0 Å². The molecule has 2 aromatic carbocycles. The topological polar surface area (TPSA) is 23.5 Å². The zero-order chi connectivity index (χ0) is 16.1. The van der Waals surface area contributed by atoms with E-state index in [-0.39, 0.29) is 30.5 Å². The Bertz CT molecular complexity index is 577. The fraction of sp³-hybridized carbons (Fsp3) is 0.333. The number of nitrogens with zero attached hydrogens (tertiary/aromatic N) is 1. The lowest BCUT2D eigenvalue weighted by molar-refractivity contribution is 0.00920. The van der Waals surface area contributed by atoms with Gasteiger partial charge >= 0.3 is 0 Å². The van der Waals surface area contributed by atoms with Gasteiger partial charge in [-0.3, -0.25) is 4.90 Å². The summed E-state index contributed by atoms with van der Waals surface area (Å²) in [6.07, 6.45) is 3.54. The molecule has 0 amide bonds. The third kappa shape index (κ3) is 4.07. The highest BCUT2D eigenvalue weighted by Gasteiger charge is 2.37. The number of rotatable bonds is 5. The largest absolute Gasteiger partial charge is 0.391 e. The average molecular weight is 344 g/mol. The quantitative estimate of drug-likeness (QED) is 0.820. The molecule has 0 bridgehead atoms. The molecule has 2 unspecified atom stereocenters. The van der Waals surface area contributed by atoms with Crippen molar-refractivity contribution in [2.24, 2.45) is 0 Å². The molecule has 0 aromatic heterocycles. The summed E-state index contributed by atoms with van der Waals surface area (Å²) in [7, 11) is 0. The van der Waals surface area contributed by atoms with Crippen LogP contribution in [0.3, 0.4) is 0 Å². The van der Waals surface area contributed by atoms with E-state index in [9.17, 15) is 5.11 Å². The Labute approximate surface area is 151 Å². The Morgan fingerprint density at radius 3 is 2.08 bits per heavy atom. The molecule has 1 aliphatic rings. The van der Waals surface area contributed by atoms with Crippen molar-refractivity contribution >= 4 is 12.4 Å². The van der Waals surface area contributed by atoms with E-state index in [2.05, 4.69) is 60.0 Å². The van der Waals surface area contributed by atoms with Gasteiger partial charge < -0.3 is 5.11 Å². The summed E-state index contributed by atoms with van der Waals surface area (Å²) in [5.74, 6) is 0.174. The molecule has 3 heteroatoms. The van der Waals surface area contributed by atoms with E-state index in [1.807, 2.05) is 18.2 Å². The van der Waals surface area contributed by atoms with E-state index in [1.165, 1.54) is 11.1 Å². The Balaban J connectivity index is 0.00000208. The van der Waals surface area contributed by atoms with E-state index in [1.54, 1.807) is 0 Å². The van der Waals surface area contributed by atoms with Crippen LogP contribution >= 0.6 is 12.4 Å². The number of halogens is 1. The number of aliphatic hydroxyl groups is 1. The first kappa shape index (κ1) is 18.7. The Morgan fingerprint density at radius 1 is 1.04 bits per heavy atom. The van der Waals surface area contributed by atoms with Crippen molar-refractivity contribution in [3.63, 3.8) is 0 Å². The molecule has 24 heavy (non-hydrogen) atoms. The van der Waals surface area contributed by atoms with E-state index < -0.39 is 0 Å². The van der Waals surface area contributed by atoms with E-state index in [4.69, 9.17) is 0 Å². The molecule has 1 N–H and O–H groups in total. The van der Waals surface area contributed by atoms with Gasteiger partial charge in [-0.1, -0.05) is 66.7 Å². The van der Waals surface area contributed by atoms with Crippen LogP contribution in [0.2, 0.25) is 0 Å². The van der Waals surface area contributed by atoms with Gasteiger partial charge in [0.15, 0.2) is 0 Å². The normalized spacial score (nSPS) is 21.2. The maximum atomic E-state index is 10.8. The van der Waals surface area contributed by atoms with Crippen molar-refractivity contribution in [2.45, 2.75) is 30.9 Å². The predicted octanol–water partition coefficient (Wildman–Crippen LogP) is 4.25. The summed E-state index contributed by atoms with van der Waals surface area (Å²) >= 11 is 0. The van der Waals surface area contributed by atoms with Crippen molar-refractivity contribution in [1.29, 1.82) is 0 Å². The average Bonchev–Trinajstić information content (AvgIpc) is 2.60. The molecular formula is C21H26ClNO. The second-order valence-electron chi connectivity index (χ2n) is 6.28. The molecule has 0 aliphatic carbocycles. The number of benzene rings is 2. The van der Waals surface area contributed by atoms with Gasteiger partial charge in [0.1, 0.15) is 0 Å². The molecular weight excluding hydrogens is 318 g/mol. The minimum absolute atomic E-state index is 0. The zero-order valence-electron chi connectivity index (χ0n) is 13.9. The Hall–Kier alpha value is -1.61. The summed E-state index contributed by atoms with van der Waals surface area (Å²) in [6, 6.07) is 21.2. The molecule has 1 fully saturated rings.